The van der Waals surface area contributed by atoms with Gasteiger partial charge in [0.15, 0.2) is 5.96 Å². The number of rotatable bonds is 7. The summed E-state index contributed by atoms with van der Waals surface area (Å²) in [6.07, 6.45) is 1.09. The molecule has 0 saturated carbocycles. The third kappa shape index (κ3) is 8.03. The van der Waals surface area contributed by atoms with Crippen LogP contribution in [0.1, 0.15) is 57.8 Å². The molecule has 29 heavy (non-hydrogen) atoms. The third-order valence-corrected chi connectivity index (χ3v) is 5.33. The Kier molecular flexibility index (Phi) is 10.9. The van der Waals surface area contributed by atoms with E-state index < -0.39 is 6.10 Å². The lowest BCUT2D eigenvalue weighted by Crippen LogP contribution is -2.44. The molecule has 1 saturated heterocycles. The Morgan fingerprint density at radius 1 is 1.21 bits per heavy atom. The summed E-state index contributed by atoms with van der Waals surface area (Å²) in [7, 11) is 1.74. The molecule has 3 N–H and O–H groups in total. The molecule has 0 aliphatic carbocycles. The van der Waals surface area contributed by atoms with Gasteiger partial charge in [-0.2, -0.15) is 0 Å². The van der Waals surface area contributed by atoms with Crippen LogP contribution in [0, 0.1) is 0 Å². The first kappa shape index (κ1) is 26.1. The van der Waals surface area contributed by atoms with E-state index in [1.807, 2.05) is 19.1 Å². The second kappa shape index (κ2) is 12.1. The SMILES string of the molecule is CCNC(=NCC1(OC)CCOCC1)NCC(O)c1ccc(C(C)(C)C)cc1.I. The van der Waals surface area contributed by atoms with Gasteiger partial charge < -0.3 is 25.2 Å². The number of nitrogens with zero attached hydrogens (tertiary/aromatic N) is 1. The molecule has 0 spiro atoms. The molecule has 0 amide bonds. The highest BCUT2D eigenvalue weighted by molar-refractivity contribution is 14.0. The van der Waals surface area contributed by atoms with Gasteiger partial charge in [0, 0.05) is 46.3 Å². The number of ether oxygens (including phenoxy) is 2. The molecule has 1 aromatic rings. The van der Waals surface area contributed by atoms with Crippen LogP contribution in [0.3, 0.4) is 0 Å². The van der Waals surface area contributed by atoms with Crippen LogP contribution in [0.5, 0.6) is 0 Å². The van der Waals surface area contributed by atoms with Gasteiger partial charge in [0.25, 0.3) is 0 Å². The number of aliphatic hydroxyl groups excluding tert-OH is 1. The van der Waals surface area contributed by atoms with E-state index in [0.29, 0.717) is 32.3 Å². The highest BCUT2D eigenvalue weighted by Gasteiger charge is 2.32. The van der Waals surface area contributed by atoms with Crippen molar-refractivity contribution in [2.24, 2.45) is 4.99 Å². The maximum atomic E-state index is 10.6. The molecule has 7 heteroatoms. The molecule has 1 aliphatic rings. The Morgan fingerprint density at radius 2 is 1.83 bits per heavy atom. The maximum Gasteiger partial charge on any atom is 0.191 e. The van der Waals surface area contributed by atoms with Gasteiger partial charge in [-0.15, -0.1) is 24.0 Å². The number of benzene rings is 1. The first-order valence-electron chi connectivity index (χ1n) is 10.2. The summed E-state index contributed by atoms with van der Waals surface area (Å²) >= 11 is 0. The molecule has 1 heterocycles. The van der Waals surface area contributed by atoms with E-state index in [-0.39, 0.29) is 35.0 Å². The fraction of sp³-hybridized carbons (Fsp3) is 0.682. The van der Waals surface area contributed by atoms with Crippen LogP contribution in [0.25, 0.3) is 0 Å². The van der Waals surface area contributed by atoms with E-state index >= 15 is 0 Å². The zero-order valence-electron chi connectivity index (χ0n) is 18.5. The van der Waals surface area contributed by atoms with E-state index in [1.54, 1.807) is 7.11 Å². The molecule has 6 nitrogen and oxygen atoms in total. The Hall–Kier alpha value is -0.900. The summed E-state index contributed by atoms with van der Waals surface area (Å²) in [5.41, 5.74) is 2.00. The van der Waals surface area contributed by atoms with Crippen LogP contribution in [0.15, 0.2) is 29.3 Å². The van der Waals surface area contributed by atoms with Crippen molar-refractivity contribution < 1.29 is 14.6 Å². The van der Waals surface area contributed by atoms with E-state index in [0.717, 1.165) is 24.9 Å². The molecule has 1 aromatic carbocycles. The van der Waals surface area contributed by atoms with Crippen LogP contribution in [0.4, 0.5) is 0 Å². The number of hydrogen-bond donors (Lipinski definition) is 3. The molecule has 1 fully saturated rings. The van der Waals surface area contributed by atoms with Crippen molar-refractivity contribution in [3.8, 4) is 0 Å². The second-order valence-corrected chi connectivity index (χ2v) is 8.46. The Morgan fingerprint density at radius 3 is 2.34 bits per heavy atom. The number of hydrogen-bond acceptors (Lipinski definition) is 4. The summed E-state index contributed by atoms with van der Waals surface area (Å²) in [4.78, 5) is 4.69. The monoisotopic (exact) mass is 519 g/mol. The fourth-order valence-corrected chi connectivity index (χ4v) is 3.25. The summed E-state index contributed by atoms with van der Waals surface area (Å²) in [6.45, 7) is 11.7. The zero-order valence-corrected chi connectivity index (χ0v) is 20.8. The standard InChI is InChI=1S/C22H37N3O3.HI/c1-6-23-20(25-16-22(27-5)11-13-28-14-12-22)24-15-19(26)17-7-9-18(10-8-17)21(2,3)4;/h7-10,19,26H,6,11-16H2,1-5H3,(H2,23,24,25);1H. The topological polar surface area (TPSA) is 75.1 Å². The highest BCUT2D eigenvalue weighted by Crippen LogP contribution is 2.25. The zero-order chi connectivity index (χ0) is 20.6. The van der Waals surface area contributed by atoms with E-state index in [9.17, 15) is 5.11 Å². The maximum absolute atomic E-state index is 10.6. The lowest BCUT2D eigenvalue weighted by Gasteiger charge is -2.34. The molecule has 0 aromatic heterocycles. The van der Waals surface area contributed by atoms with Crippen LogP contribution < -0.4 is 10.6 Å². The summed E-state index contributed by atoms with van der Waals surface area (Å²) < 4.78 is 11.2. The van der Waals surface area contributed by atoms with Gasteiger partial charge in [0.1, 0.15) is 0 Å². The number of guanidine groups is 1. The normalized spacial score (nSPS) is 17.9. The van der Waals surface area contributed by atoms with Crippen molar-refractivity contribution in [2.75, 3.05) is 40.0 Å². The number of methoxy groups -OCH3 is 1. The highest BCUT2D eigenvalue weighted by atomic mass is 127. The third-order valence-electron chi connectivity index (χ3n) is 5.33. The Labute approximate surface area is 192 Å². The number of aliphatic imine (C=N–C) groups is 1. The average molecular weight is 519 g/mol. The second-order valence-electron chi connectivity index (χ2n) is 8.46. The molecule has 0 bridgehead atoms. The molecule has 1 atom stereocenters. The van der Waals surface area contributed by atoms with Crippen molar-refractivity contribution in [1.29, 1.82) is 0 Å². The molecular weight excluding hydrogens is 481 g/mol. The molecular formula is C22H38IN3O3. The Bertz CT molecular complexity index is 623. The van der Waals surface area contributed by atoms with Crippen LogP contribution in [0.2, 0.25) is 0 Å². The van der Waals surface area contributed by atoms with Crippen molar-refractivity contribution in [3.63, 3.8) is 0 Å². The van der Waals surface area contributed by atoms with Crippen LogP contribution in [-0.4, -0.2) is 56.6 Å². The summed E-state index contributed by atoms with van der Waals surface area (Å²) in [5, 5.41) is 17.0. The number of halogens is 1. The molecule has 166 valence electrons. The van der Waals surface area contributed by atoms with Crippen molar-refractivity contribution in [1.82, 2.24) is 10.6 Å². The Balaban J connectivity index is 0.00000420. The van der Waals surface area contributed by atoms with Gasteiger partial charge >= 0.3 is 0 Å². The lowest BCUT2D eigenvalue weighted by molar-refractivity contribution is -0.0828. The van der Waals surface area contributed by atoms with Gasteiger partial charge in [0.2, 0.25) is 0 Å². The first-order valence-corrected chi connectivity index (χ1v) is 10.2. The molecule has 1 unspecified atom stereocenters. The van der Waals surface area contributed by atoms with Gasteiger partial charge in [-0.1, -0.05) is 45.0 Å². The predicted octanol–water partition coefficient (Wildman–Crippen LogP) is 3.39. The van der Waals surface area contributed by atoms with Gasteiger partial charge in [0.05, 0.1) is 18.2 Å². The van der Waals surface area contributed by atoms with E-state index in [4.69, 9.17) is 14.5 Å². The summed E-state index contributed by atoms with van der Waals surface area (Å²) in [5.74, 6) is 0.691. The summed E-state index contributed by atoms with van der Waals surface area (Å²) in [6, 6.07) is 8.18. The van der Waals surface area contributed by atoms with Crippen LogP contribution >= 0.6 is 24.0 Å². The predicted molar refractivity (Wildman–Crippen MR) is 129 cm³/mol. The molecule has 0 radical (unpaired) electrons. The quantitative estimate of drug-likeness (QED) is 0.293. The van der Waals surface area contributed by atoms with Gasteiger partial charge in [-0.25, -0.2) is 0 Å². The minimum atomic E-state index is -0.600. The van der Waals surface area contributed by atoms with Crippen molar-refractivity contribution in [2.45, 2.75) is 57.7 Å². The van der Waals surface area contributed by atoms with Crippen molar-refractivity contribution >= 4 is 29.9 Å². The van der Waals surface area contributed by atoms with Gasteiger partial charge in [-0.3, -0.25) is 4.99 Å². The number of aliphatic hydroxyl groups is 1. The van der Waals surface area contributed by atoms with E-state index in [2.05, 4.69) is 43.5 Å². The largest absolute Gasteiger partial charge is 0.387 e. The van der Waals surface area contributed by atoms with Gasteiger partial charge in [-0.05, 0) is 23.5 Å². The smallest absolute Gasteiger partial charge is 0.191 e. The minimum absolute atomic E-state index is 0. The average Bonchev–Trinajstić information content (AvgIpc) is 2.70. The first-order chi connectivity index (χ1) is 13.3. The van der Waals surface area contributed by atoms with E-state index in [1.165, 1.54) is 5.56 Å². The lowest BCUT2D eigenvalue weighted by atomic mass is 9.86. The molecule has 2 rings (SSSR count). The number of nitrogens with one attached hydrogen (secondary N) is 2. The minimum Gasteiger partial charge on any atom is -0.387 e. The van der Waals surface area contributed by atoms with Crippen LogP contribution in [-0.2, 0) is 14.9 Å². The van der Waals surface area contributed by atoms with Crippen molar-refractivity contribution in [3.05, 3.63) is 35.4 Å². The fourth-order valence-electron chi connectivity index (χ4n) is 3.25. The molecule has 1 aliphatic heterocycles.